The van der Waals surface area contributed by atoms with Gasteiger partial charge in [-0.3, -0.25) is 24.1 Å². The molecular weight excluding hydrogens is 382 g/mol. The number of carbonyl (C=O) groups is 4. The van der Waals surface area contributed by atoms with Crippen molar-refractivity contribution in [1.29, 1.82) is 0 Å². The molecular formula is C23H33N3O4. The molecule has 0 saturated heterocycles. The number of imide groups is 1. The third-order valence-electron chi connectivity index (χ3n) is 4.59. The van der Waals surface area contributed by atoms with Crippen LogP contribution in [-0.2, 0) is 20.9 Å². The first-order valence-corrected chi connectivity index (χ1v) is 10.1. The van der Waals surface area contributed by atoms with Gasteiger partial charge in [0, 0.05) is 42.2 Å². The summed E-state index contributed by atoms with van der Waals surface area (Å²) < 4.78 is 0. The third-order valence-corrected chi connectivity index (χ3v) is 4.59. The molecule has 0 radical (unpaired) electrons. The van der Waals surface area contributed by atoms with Gasteiger partial charge in [-0.15, -0.1) is 12.3 Å². The SMILES string of the molecule is C#CCCCCC(=O)Nc1cccc(C=O)c1CN(C)C(C)CCC.O=CNC=O. The molecule has 1 rings (SSSR count). The number of amides is 3. The summed E-state index contributed by atoms with van der Waals surface area (Å²) in [5, 5.41) is 4.71. The maximum absolute atomic E-state index is 12.2. The highest BCUT2D eigenvalue weighted by atomic mass is 16.2. The number of hydrogen-bond donors (Lipinski definition) is 2. The summed E-state index contributed by atoms with van der Waals surface area (Å²) in [6.07, 6.45) is 11.7. The van der Waals surface area contributed by atoms with E-state index in [2.05, 4.69) is 30.0 Å². The number of carbonyl (C=O) groups excluding carboxylic acids is 4. The van der Waals surface area contributed by atoms with Crippen LogP contribution >= 0.6 is 0 Å². The maximum atomic E-state index is 12.2. The van der Waals surface area contributed by atoms with E-state index in [0.29, 0.717) is 43.8 Å². The monoisotopic (exact) mass is 415 g/mol. The van der Waals surface area contributed by atoms with Crippen molar-refractivity contribution >= 4 is 30.7 Å². The molecule has 0 aliphatic rings. The fourth-order valence-corrected chi connectivity index (χ4v) is 2.81. The van der Waals surface area contributed by atoms with Gasteiger partial charge >= 0.3 is 0 Å². The molecule has 1 unspecified atom stereocenters. The molecule has 0 fully saturated rings. The number of nitrogens with zero attached hydrogens (tertiary/aromatic N) is 1. The van der Waals surface area contributed by atoms with Crippen LogP contribution in [0.3, 0.4) is 0 Å². The van der Waals surface area contributed by atoms with Crippen molar-refractivity contribution in [3.05, 3.63) is 29.3 Å². The Hall–Kier alpha value is -2.98. The minimum Gasteiger partial charge on any atom is -0.326 e. The van der Waals surface area contributed by atoms with Gasteiger partial charge in [-0.25, -0.2) is 0 Å². The Kier molecular flexibility index (Phi) is 15.2. The van der Waals surface area contributed by atoms with Gasteiger partial charge in [-0.2, -0.15) is 0 Å². The van der Waals surface area contributed by atoms with Gasteiger partial charge in [0.15, 0.2) is 0 Å². The summed E-state index contributed by atoms with van der Waals surface area (Å²) in [6, 6.07) is 5.87. The Labute approximate surface area is 179 Å². The van der Waals surface area contributed by atoms with E-state index in [0.717, 1.165) is 43.2 Å². The number of rotatable bonds is 13. The topological polar surface area (TPSA) is 95.6 Å². The summed E-state index contributed by atoms with van der Waals surface area (Å²) in [5.74, 6) is 2.55. The minimum atomic E-state index is -0.0365. The predicted molar refractivity (Wildman–Crippen MR) is 119 cm³/mol. The number of aldehydes is 1. The molecule has 0 aromatic heterocycles. The van der Waals surface area contributed by atoms with Crippen LogP contribution in [0, 0.1) is 12.3 Å². The summed E-state index contributed by atoms with van der Waals surface area (Å²) in [7, 11) is 2.05. The van der Waals surface area contributed by atoms with E-state index < -0.39 is 0 Å². The minimum absolute atomic E-state index is 0.0365. The van der Waals surface area contributed by atoms with Gasteiger partial charge < -0.3 is 10.6 Å². The van der Waals surface area contributed by atoms with E-state index in [9.17, 15) is 9.59 Å². The highest BCUT2D eigenvalue weighted by Crippen LogP contribution is 2.22. The Morgan fingerprint density at radius 2 is 1.93 bits per heavy atom. The van der Waals surface area contributed by atoms with Crippen LogP contribution in [0.5, 0.6) is 0 Å². The van der Waals surface area contributed by atoms with Crippen molar-refractivity contribution in [3.8, 4) is 12.3 Å². The van der Waals surface area contributed by atoms with Crippen molar-refractivity contribution in [2.45, 2.75) is 65.0 Å². The molecule has 0 bridgehead atoms. The van der Waals surface area contributed by atoms with Gasteiger partial charge in [0.25, 0.3) is 0 Å². The highest BCUT2D eigenvalue weighted by molar-refractivity contribution is 5.93. The Morgan fingerprint density at radius 3 is 2.47 bits per heavy atom. The van der Waals surface area contributed by atoms with Crippen LogP contribution in [0.4, 0.5) is 5.69 Å². The van der Waals surface area contributed by atoms with Gasteiger partial charge in [-0.05, 0) is 39.3 Å². The molecule has 30 heavy (non-hydrogen) atoms. The first-order chi connectivity index (χ1) is 14.4. The van der Waals surface area contributed by atoms with Crippen molar-refractivity contribution < 1.29 is 19.2 Å². The molecule has 1 atom stereocenters. The maximum Gasteiger partial charge on any atom is 0.224 e. The van der Waals surface area contributed by atoms with Crippen molar-refractivity contribution in [2.75, 3.05) is 12.4 Å². The van der Waals surface area contributed by atoms with E-state index in [1.807, 2.05) is 13.1 Å². The zero-order valence-corrected chi connectivity index (χ0v) is 18.1. The van der Waals surface area contributed by atoms with Crippen LogP contribution in [-0.4, -0.2) is 43.0 Å². The summed E-state index contributed by atoms with van der Waals surface area (Å²) in [6.45, 7) is 4.97. The molecule has 1 aromatic carbocycles. The third kappa shape index (κ3) is 11.1. The quantitative estimate of drug-likeness (QED) is 0.293. The second-order valence-electron chi connectivity index (χ2n) is 6.91. The van der Waals surface area contributed by atoms with Crippen molar-refractivity contribution in [2.24, 2.45) is 0 Å². The molecule has 0 spiro atoms. The van der Waals surface area contributed by atoms with Crippen LogP contribution in [0.25, 0.3) is 0 Å². The van der Waals surface area contributed by atoms with Crippen molar-refractivity contribution in [1.82, 2.24) is 10.2 Å². The van der Waals surface area contributed by atoms with E-state index in [4.69, 9.17) is 16.0 Å². The molecule has 1 aromatic rings. The zero-order valence-electron chi connectivity index (χ0n) is 18.1. The highest BCUT2D eigenvalue weighted by Gasteiger charge is 2.15. The number of hydrogen-bond acceptors (Lipinski definition) is 5. The number of terminal acetylenes is 1. The molecule has 2 N–H and O–H groups in total. The molecule has 164 valence electrons. The Morgan fingerprint density at radius 1 is 1.23 bits per heavy atom. The van der Waals surface area contributed by atoms with Crippen LogP contribution in [0.15, 0.2) is 18.2 Å². The van der Waals surface area contributed by atoms with Gasteiger partial charge in [-0.1, -0.05) is 25.5 Å². The van der Waals surface area contributed by atoms with Crippen LogP contribution in [0.2, 0.25) is 0 Å². The average Bonchev–Trinajstić information content (AvgIpc) is 2.73. The van der Waals surface area contributed by atoms with Gasteiger partial charge in [0.05, 0.1) is 0 Å². The fraction of sp³-hybridized carbons (Fsp3) is 0.478. The lowest BCUT2D eigenvalue weighted by molar-refractivity contribution is -0.117. The van der Waals surface area contributed by atoms with E-state index in [-0.39, 0.29) is 5.91 Å². The number of unbranched alkanes of at least 4 members (excludes halogenated alkanes) is 2. The van der Waals surface area contributed by atoms with E-state index >= 15 is 0 Å². The summed E-state index contributed by atoms with van der Waals surface area (Å²) in [5.41, 5.74) is 2.22. The second kappa shape index (κ2) is 16.9. The van der Waals surface area contributed by atoms with E-state index in [1.54, 1.807) is 17.4 Å². The Balaban J connectivity index is 0.00000150. The smallest absolute Gasteiger partial charge is 0.224 e. The lowest BCUT2D eigenvalue weighted by Crippen LogP contribution is -2.29. The molecule has 7 nitrogen and oxygen atoms in total. The second-order valence-corrected chi connectivity index (χ2v) is 6.91. The first kappa shape index (κ1) is 27.0. The number of benzene rings is 1. The molecule has 0 aliphatic carbocycles. The van der Waals surface area contributed by atoms with Crippen molar-refractivity contribution in [3.63, 3.8) is 0 Å². The number of anilines is 1. The van der Waals surface area contributed by atoms with E-state index in [1.165, 1.54) is 0 Å². The standard InChI is InChI=1S/C21H30N2O2.C2H3NO2/c1-5-7-8-9-14-21(25)22-20-13-10-12-18(16-24)19(20)15-23(4)17(3)11-6-2;4-1-3-2-5/h1,10,12-13,16-17H,6-9,11,14-15H2,2-4H3,(H,22,25);1-2H,(H,3,4,5). The lowest BCUT2D eigenvalue weighted by atomic mass is 10.0. The Bertz CT molecular complexity index is 707. The molecule has 7 heteroatoms. The molecule has 3 amide bonds. The first-order valence-electron chi connectivity index (χ1n) is 10.1. The largest absolute Gasteiger partial charge is 0.326 e. The van der Waals surface area contributed by atoms with Gasteiger partial charge in [0.1, 0.15) is 6.29 Å². The average molecular weight is 416 g/mol. The summed E-state index contributed by atoms with van der Waals surface area (Å²) >= 11 is 0. The van der Waals surface area contributed by atoms with Crippen LogP contribution in [0.1, 0.15) is 68.3 Å². The molecule has 0 heterocycles. The normalized spacial score (nSPS) is 10.8. The zero-order chi connectivity index (χ0) is 22.8. The predicted octanol–water partition coefficient (Wildman–Crippen LogP) is 3.14. The van der Waals surface area contributed by atoms with Crippen LogP contribution < -0.4 is 10.6 Å². The lowest BCUT2D eigenvalue weighted by Gasteiger charge is -2.26. The molecule has 0 aliphatic heterocycles. The summed E-state index contributed by atoms with van der Waals surface area (Å²) in [4.78, 5) is 44.0. The fourth-order valence-electron chi connectivity index (χ4n) is 2.81. The number of nitrogens with one attached hydrogen (secondary N) is 2. The van der Waals surface area contributed by atoms with Gasteiger partial charge in [0.2, 0.25) is 18.7 Å². The molecule has 0 saturated carbocycles.